The molecule has 0 heterocycles. The monoisotopic (exact) mass is 290 g/mol. The summed E-state index contributed by atoms with van der Waals surface area (Å²) < 4.78 is 28.7. The van der Waals surface area contributed by atoms with E-state index in [-0.39, 0.29) is 18.0 Å². The number of carbonyl (C=O) groups is 1. The Morgan fingerprint density at radius 3 is 2.62 bits per heavy atom. The normalized spacial score (nSPS) is 10.7. The Bertz CT molecular complexity index is 651. The fourth-order valence-electron chi connectivity index (χ4n) is 2.11. The van der Waals surface area contributed by atoms with Crippen molar-refractivity contribution in [3.05, 3.63) is 64.7 Å². The summed E-state index contributed by atoms with van der Waals surface area (Å²) in [6.45, 7) is 1.01. The van der Waals surface area contributed by atoms with Crippen LogP contribution in [0.15, 0.2) is 42.5 Å². The first-order valence-corrected chi connectivity index (χ1v) is 6.60. The van der Waals surface area contributed by atoms with Crippen LogP contribution < -0.4 is 4.74 Å². The predicted molar refractivity (Wildman–Crippen MR) is 77.0 cm³/mol. The molecule has 0 saturated heterocycles. The standard InChI is InChI=1S/C17H16F2O2/c1-11-6-7-12(2)14(8-11)10-16(20)13-4-3-5-15(9-13)21-17(18)19/h3-9,17H,10H2,1-2H3. The van der Waals surface area contributed by atoms with Crippen molar-refractivity contribution in [2.75, 3.05) is 0 Å². The number of alkyl halides is 2. The highest BCUT2D eigenvalue weighted by Crippen LogP contribution is 2.19. The second-order valence-corrected chi connectivity index (χ2v) is 4.94. The van der Waals surface area contributed by atoms with Gasteiger partial charge in [-0.05, 0) is 37.1 Å². The Hall–Kier alpha value is -2.23. The average molecular weight is 290 g/mol. The zero-order valence-electron chi connectivity index (χ0n) is 11.9. The van der Waals surface area contributed by atoms with E-state index in [9.17, 15) is 13.6 Å². The number of Topliss-reactive ketones (excluding diaryl/α,β-unsaturated/α-hetero) is 1. The van der Waals surface area contributed by atoms with E-state index in [1.54, 1.807) is 6.07 Å². The third-order valence-corrected chi connectivity index (χ3v) is 3.24. The van der Waals surface area contributed by atoms with Gasteiger partial charge in [0.15, 0.2) is 5.78 Å². The van der Waals surface area contributed by atoms with Gasteiger partial charge in [0.2, 0.25) is 0 Å². The molecule has 0 radical (unpaired) electrons. The highest BCUT2D eigenvalue weighted by molar-refractivity contribution is 5.98. The first-order chi connectivity index (χ1) is 9.95. The van der Waals surface area contributed by atoms with Crippen LogP contribution in [0, 0.1) is 13.8 Å². The molecule has 0 unspecified atom stereocenters. The molecule has 21 heavy (non-hydrogen) atoms. The van der Waals surface area contributed by atoms with Gasteiger partial charge < -0.3 is 4.74 Å². The number of benzene rings is 2. The molecule has 0 N–H and O–H groups in total. The Balaban J connectivity index is 2.18. The molecule has 4 heteroatoms. The highest BCUT2D eigenvalue weighted by Gasteiger charge is 2.11. The summed E-state index contributed by atoms with van der Waals surface area (Å²) in [5.74, 6) is -0.125. The largest absolute Gasteiger partial charge is 0.435 e. The van der Waals surface area contributed by atoms with Crippen molar-refractivity contribution >= 4 is 5.78 Å². The number of carbonyl (C=O) groups excluding carboxylic acids is 1. The molecule has 2 aromatic carbocycles. The van der Waals surface area contributed by atoms with Crippen molar-refractivity contribution in [2.24, 2.45) is 0 Å². The summed E-state index contributed by atoms with van der Waals surface area (Å²) >= 11 is 0. The summed E-state index contributed by atoms with van der Waals surface area (Å²) in [5, 5.41) is 0. The second-order valence-electron chi connectivity index (χ2n) is 4.94. The van der Waals surface area contributed by atoms with E-state index in [0.29, 0.717) is 5.56 Å². The van der Waals surface area contributed by atoms with Gasteiger partial charge in [0, 0.05) is 12.0 Å². The maximum Gasteiger partial charge on any atom is 0.387 e. The Morgan fingerprint density at radius 1 is 1.14 bits per heavy atom. The van der Waals surface area contributed by atoms with Gasteiger partial charge in [0.25, 0.3) is 0 Å². The predicted octanol–water partition coefficient (Wildman–Crippen LogP) is 4.33. The van der Waals surface area contributed by atoms with Gasteiger partial charge in [0.05, 0.1) is 0 Å². The van der Waals surface area contributed by atoms with Gasteiger partial charge in [-0.25, -0.2) is 0 Å². The molecule has 0 amide bonds. The van der Waals surface area contributed by atoms with Crippen LogP contribution in [-0.4, -0.2) is 12.4 Å². The molecule has 0 aliphatic heterocycles. The van der Waals surface area contributed by atoms with Crippen molar-refractivity contribution in [3.63, 3.8) is 0 Å². The lowest BCUT2D eigenvalue weighted by Gasteiger charge is -2.08. The SMILES string of the molecule is Cc1ccc(C)c(CC(=O)c2cccc(OC(F)F)c2)c1. The first kappa shape index (κ1) is 15.2. The molecule has 0 fully saturated rings. The third-order valence-electron chi connectivity index (χ3n) is 3.24. The van der Waals surface area contributed by atoms with E-state index in [0.717, 1.165) is 16.7 Å². The van der Waals surface area contributed by atoms with E-state index >= 15 is 0 Å². The maximum atomic E-state index is 12.3. The molecular formula is C17H16F2O2. The smallest absolute Gasteiger partial charge is 0.387 e. The minimum atomic E-state index is -2.89. The lowest BCUT2D eigenvalue weighted by atomic mass is 9.98. The lowest BCUT2D eigenvalue weighted by Crippen LogP contribution is -2.07. The van der Waals surface area contributed by atoms with Crippen molar-refractivity contribution in [1.82, 2.24) is 0 Å². The van der Waals surface area contributed by atoms with Crippen LogP contribution in [0.25, 0.3) is 0 Å². The fourth-order valence-corrected chi connectivity index (χ4v) is 2.11. The minimum absolute atomic E-state index is 0.00295. The molecule has 2 nitrogen and oxygen atoms in total. The minimum Gasteiger partial charge on any atom is -0.435 e. The Kier molecular flexibility index (Phi) is 4.68. The molecule has 2 aromatic rings. The number of rotatable bonds is 5. The number of hydrogen-bond acceptors (Lipinski definition) is 2. The molecule has 2 rings (SSSR count). The molecule has 110 valence electrons. The Labute approximate surface area is 122 Å². The molecule has 0 aromatic heterocycles. The molecule has 0 saturated carbocycles. The summed E-state index contributed by atoms with van der Waals surface area (Å²) in [6, 6.07) is 11.8. The summed E-state index contributed by atoms with van der Waals surface area (Å²) in [4.78, 5) is 12.3. The van der Waals surface area contributed by atoms with Crippen LogP contribution >= 0.6 is 0 Å². The summed E-state index contributed by atoms with van der Waals surface area (Å²) in [5.41, 5.74) is 3.43. The van der Waals surface area contributed by atoms with Crippen molar-refractivity contribution in [1.29, 1.82) is 0 Å². The molecule has 0 spiro atoms. The third kappa shape index (κ3) is 4.12. The van der Waals surface area contributed by atoms with Gasteiger partial charge in [-0.1, -0.05) is 35.9 Å². The second kappa shape index (κ2) is 6.48. The lowest BCUT2D eigenvalue weighted by molar-refractivity contribution is -0.0498. The van der Waals surface area contributed by atoms with Crippen molar-refractivity contribution < 1.29 is 18.3 Å². The average Bonchev–Trinajstić information content (AvgIpc) is 2.42. The number of hydrogen-bond donors (Lipinski definition) is 0. The van der Waals surface area contributed by atoms with Crippen LogP contribution in [-0.2, 0) is 6.42 Å². The van der Waals surface area contributed by atoms with E-state index in [4.69, 9.17) is 0 Å². The summed E-state index contributed by atoms with van der Waals surface area (Å²) in [7, 11) is 0. The van der Waals surface area contributed by atoms with E-state index < -0.39 is 6.61 Å². The molecule has 0 atom stereocenters. The maximum absolute atomic E-state index is 12.3. The van der Waals surface area contributed by atoms with Gasteiger partial charge >= 0.3 is 6.61 Å². The quantitative estimate of drug-likeness (QED) is 0.766. The van der Waals surface area contributed by atoms with Crippen LogP contribution in [0.4, 0.5) is 8.78 Å². The molecule has 0 bridgehead atoms. The zero-order chi connectivity index (χ0) is 15.4. The Morgan fingerprint density at radius 2 is 1.90 bits per heavy atom. The highest BCUT2D eigenvalue weighted by atomic mass is 19.3. The van der Waals surface area contributed by atoms with Crippen molar-refractivity contribution in [2.45, 2.75) is 26.9 Å². The van der Waals surface area contributed by atoms with Gasteiger partial charge in [-0.3, -0.25) is 4.79 Å². The molecular weight excluding hydrogens is 274 g/mol. The number of ether oxygens (including phenoxy) is 1. The van der Waals surface area contributed by atoms with E-state index in [2.05, 4.69) is 4.74 Å². The molecule has 0 aliphatic rings. The number of ketones is 1. The fraction of sp³-hybridized carbons (Fsp3) is 0.235. The van der Waals surface area contributed by atoms with E-state index in [1.807, 2.05) is 32.0 Å². The van der Waals surface area contributed by atoms with Crippen molar-refractivity contribution in [3.8, 4) is 5.75 Å². The zero-order valence-corrected chi connectivity index (χ0v) is 11.9. The first-order valence-electron chi connectivity index (χ1n) is 6.60. The van der Waals surface area contributed by atoms with Crippen LogP contribution in [0.2, 0.25) is 0 Å². The van der Waals surface area contributed by atoms with E-state index in [1.165, 1.54) is 18.2 Å². The van der Waals surface area contributed by atoms with Crippen LogP contribution in [0.1, 0.15) is 27.0 Å². The summed E-state index contributed by atoms with van der Waals surface area (Å²) in [6.07, 6.45) is 0.242. The van der Waals surface area contributed by atoms with Crippen LogP contribution in [0.3, 0.4) is 0 Å². The number of aryl methyl sites for hydroxylation is 2. The van der Waals surface area contributed by atoms with Crippen LogP contribution in [0.5, 0.6) is 5.75 Å². The molecule has 0 aliphatic carbocycles. The van der Waals surface area contributed by atoms with Gasteiger partial charge in [0.1, 0.15) is 5.75 Å². The number of halogens is 2. The van der Waals surface area contributed by atoms with Gasteiger partial charge in [-0.15, -0.1) is 0 Å². The van der Waals surface area contributed by atoms with Gasteiger partial charge in [-0.2, -0.15) is 8.78 Å². The topological polar surface area (TPSA) is 26.3 Å².